The van der Waals surface area contributed by atoms with Gasteiger partial charge in [0.25, 0.3) is 0 Å². The molecule has 3 N–H and O–H groups in total. The molecule has 0 amide bonds. The molecule has 19 heavy (non-hydrogen) atoms. The Balaban J connectivity index is 1.90. The first-order valence-electron chi connectivity index (χ1n) is 6.66. The van der Waals surface area contributed by atoms with Crippen molar-refractivity contribution in [3.8, 4) is 6.07 Å². The van der Waals surface area contributed by atoms with E-state index in [1.165, 1.54) is 12.8 Å². The molecule has 0 saturated carbocycles. The molecule has 100 valence electrons. The van der Waals surface area contributed by atoms with Crippen molar-refractivity contribution >= 4 is 23.0 Å². The lowest BCUT2D eigenvalue weighted by Crippen LogP contribution is -2.46. The summed E-state index contributed by atoms with van der Waals surface area (Å²) in [7, 11) is 0. The number of hydrogen-bond acceptors (Lipinski definition) is 4. The van der Waals surface area contributed by atoms with E-state index in [-0.39, 0.29) is 0 Å². The van der Waals surface area contributed by atoms with Crippen molar-refractivity contribution < 1.29 is 0 Å². The third kappa shape index (κ3) is 2.24. The Morgan fingerprint density at radius 3 is 3.05 bits per heavy atom. The van der Waals surface area contributed by atoms with Crippen LogP contribution in [-0.4, -0.2) is 25.7 Å². The van der Waals surface area contributed by atoms with Gasteiger partial charge in [-0.3, -0.25) is 0 Å². The van der Waals surface area contributed by atoms with Crippen LogP contribution in [0.2, 0.25) is 5.02 Å². The van der Waals surface area contributed by atoms with Crippen molar-refractivity contribution in [2.45, 2.75) is 18.9 Å². The topological polar surface area (TPSA) is 65.1 Å². The lowest BCUT2D eigenvalue weighted by Gasteiger charge is -2.37. The smallest absolute Gasteiger partial charge is 0.0993 e. The van der Waals surface area contributed by atoms with Crippen molar-refractivity contribution in [1.82, 2.24) is 5.32 Å². The maximum absolute atomic E-state index is 9.05. The SMILES string of the molecule is N#Cc1cc(N)c(Cl)c(N2CCC3CCNC3C2)c1. The fourth-order valence-corrected chi connectivity index (χ4v) is 3.40. The van der Waals surface area contributed by atoms with E-state index in [4.69, 9.17) is 22.6 Å². The number of nitrogens with two attached hydrogens (primary N) is 1. The Bertz CT molecular complexity index is 537. The predicted octanol–water partition coefficient (Wildman–Crippen LogP) is 1.98. The molecular weight excluding hydrogens is 260 g/mol. The highest BCUT2D eigenvalue weighted by atomic mass is 35.5. The third-order valence-electron chi connectivity index (χ3n) is 4.23. The van der Waals surface area contributed by atoms with Gasteiger partial charge in [0.05, 0.1) is 28.0 Å². The number of hydrogen-bond donors (Lipinski definition) is 2. The molecule has 2 fully saturated rings. The quantitative estimate of drug-likeness (QED) is 0.770. The molecule has 1 aromatic carbocycles. The molecule has 2 saturated heterocycles. The van der Waals surface area contributed by atoms with Crippen LogP contribution < -0.4 is 16.0 Å². The number of nitriles is 1. The number of benzene rings is 1. The van der Waals surface area contributed by atoms with Crippen LogP contribution in [-0.2, 0) is 0 Å². The van der Waals surface area contributed by atoms with Crippen molar-refractivity contribution in [2.24, 2.45) is 5.92 Å². The number of fused-ring (bicyclic) bond motifs is 1. The van der Waals surface area contributed by atoms with E-state index in [1.54, 1.807) is 6.07 Å². The summed E-state index contributed by atoms with van der Waals surface area (Å²) in [5.74, 6) is 0.784. The number of nitrogens with one attached hydrogen (secondary N) is 1. The minimum Gasteiger partial charge on any atom is -0.397 e. The summed E-state index contributed by atoms with van der Waals surface area (Å²) >= 11 is 6.30. The highest BCUT2D eigenvalue weighted by Crippen LogP contribution is 2.36. The van der Waals surface area contributed by atoms with Gasteiger partial charge in [0.15, 0.2) is 0 Å². The van der Waals surface area contributed by atoms with Gasteiger partial charge in [-0.1, -0.05) is 11.6 Å². The average Bonchev–Trinajstić information content (AvgIpc) is 2.88. The Morgan fingerprint density at radius 2 is 2.26 bits per heavy atom. The van der Waals surface area contributed by atoms with Crippen LogP contribution in [0, 0.1) is 17.2 Å². The molecule has 2 unspecified atom stereocenters. The van der Waals surface area contributed by atoms with Gasteiger partial charge in [-0.2, -0.15) is 5.26 Å². The molecule has 0 aliphatic carbocycles. The molecule has 0 radical (unpaired) electrons. The van der Waals surface area contributed by atoms with Gasteiger partial charge in [-0.25, -0.2) is 0 Å². The van der Waals surface area contributed by atoms with Gasteiger partial charge < -0.3 is 16.0 Å². The molecule has 2 aliphatic rings. The predicted molar refractivity (Wildman–Crippen MR) is 77.3 cm³/mol. The fraction of sp³-hybridized carbons (Fsp3) is 0.500. The molecular formula is C14H17ClN4. The van der Waals surface area contributed by atoms with Crippen LogP contribution in [0.25, 0.3) is 0 Å². The number of anilines is 2. The van der Waals surface area contributed by atoms with E-state index in [9.17, 15) is 0 Å². The van der Waals surface area contributed by atoms with Crippen molar-refractivity contribution in [3.63, 3.8) is 0 Å². The number of nitrogen functional groups attached to an aromatic ring is 1. The molecule has 0 bridgehead atoms. The molecule has 3 rings (SSSR count). The summed E-state index contributed by atoms with van der Waals surface area (Å²) in [5.41, 5.74) is 7.83. The highest BCUT2D eigenvalue weighted by molar-refractivity contribution is 6.35. The zero-order chi connectivity index (χ0) is 13.4. The molecule has 1 aromatic rings. The van der Waals surface area contributed by atoms with E-state index in [0.717, 1.165) is 31.2 Å². The Morgan fingerprint density at radius 1 is 1.42 bits per heavy atom. The molecule has 4 nitrogen and oxygen atoms in total. The molecule has 2 aliphatic heterocycles. The monoisotopic (exact) mass is 276 g/mol. The van der Waals surface area contributed by atoms with Crippen LogP contribution >= 0.6 is 11.6 Å². The Kier molecular flexibility index (Phi) is 3.26. The molecule has 0 spiro atoms. The summed E-state index contributed by atoms with van der Waals surface area (Å²) in [6, 6.07) is 6.15. The first kappa shape index (κ1) is 12.6. The zero-order valence-corrected chi connectivity index (χ0v) is 11.5. The minimum atomic E-state index is 0.484. The van der Waals surface area contributed by atoms with Gasteiger partial charge in [-0.05, 0) is 37.4 Å². The number of rotatable bonds is 1. The van der Waals surface area contributed by atoms with E-state index >= 15 is 0 Å². The van der Waals surface area contributed by atoms with Gasteiger partial charge >= 0.3 is 0 Å². The maximum atomic E-state index is 9.05. The zero-order valence-electron chi connectivity index (χ0n) is 10.7. The van der Waals surface area contributed by atoms with Gasteiger partial charge in [0.1, 0.15) is 0 Å². The van der Waals surface area contributed by atoms with Crippen LogP contribution in [0.5, 0.6) is 0 Å². The van der Waals surface area contributed by atoms with E-state index in [2.05, 4.69) is 16.3 Å². The fourth-order valence-electron chi connectivity index (χ4n) is 3.18. The summed E-state index contributed by atoms with van der Waals surface area (Å²) in [6.07, 6.45) is 2.44. The second-order valence-electron chi connectivity index (χ2n) is 5.35. The van der Waals surface area contributed by atoms with Gasteiger partial charge in [0, 0.05) is 19.1 Å². The van der Waals surface area contributed by atoms with Gasteiger partial charge in [-0.15, -0.1) is 0 Å². The average molecular weight is 277 g/mol. The first-order valence-corrected chi connectivity index (χ1v) is 7.04. The largest absolute Gasteiger partial charge is 0.397 e. The second kappa shape index (κ2) is 4.92. The summed E-state index contributed by atoms with van der Waals surface area (Å²) in [6.45, 7) is 3.03. The highest BCUT2D eigenvalue weighted by Gasteiger charge is 2.33. The first-order chi connectivity index (χ1) is 9.19. The lowest BCUT2D eigenvalue weighted by molar-refractivity contribution is 0.374. The number of piperidine rings is 1. The van der Waals surface area contributed by atoms with Crippen molar-refractivity contribution in [1.29, 1.82) is 5.26 Å². The second-order valence-corrected chi connectivity index (χ2v) is 5.73. The normalized spacial score (nSPS) is 26.0. The van der Waals surface area contributed by atoms with E-state index in [0.29, 0.717) is 22.3 Å². The van der Waals surface area contributed by atoms with Crippen LogP contribution in [0.4, 0.5) is 11.4 Å². The van der Waals surface area contributed by atoms with Gasteiger partial charge in [0.2, 0.25) is 0 Å². The third-order valence-corrected chi connectivity index (χ3v) is 4.64. The van der Waals surface area contributed by atoms with Crippen LogP contribution in [0.15, 0.2) is 12.1 Å². The van der Waals surface area contributed by atoms with Crippen molar-refractivity contribution in [3.05, 3.63) is 22.7 Å². The molecule has 2 atom stereocenters. The Labute approximate surface area is 118 Å². The number of nitrogens with zero attached hydrogens (tertiary/aromatic N) is 2. The Hall–Kier alpha value is -1.44. The minimum absolute atomic E-state index is 0.484. The van der Waals surface area contributed by atoms with E-state index in [1.807, 2.05) is 6.07 Å². The van der Waals surface area contributed by atoms with Crippen LogP contribution in [0.3, 0.4) is 0 Å². The van der Waals surface area contributed by atoms with Crippen molar-refractivity contribution in [2.75, 3.05) is 30.3 Å². The lowest BCUT2D eigenvalue weighted by atomic mass is 9.92. The van der Waals surface area contributed by atoms with E-state index < -0.39 is 0 Å². The summed E-state index contributed by atoms with van der Waals surface area (Å²) in [5, 5.41) is 13.2. The summed E-state index contributed by atoms with van der Waals surface area (Å²) < 4.78 is 0. The summed E-state index contributed by atoms with van der Waals surface area (Å²) in [4.78, 5) is 2.25. The molecule has 0 aromatic heterocycles. The number of halogens is 1. The standard InChI is InChI=1S/C14H17ClN4/c15-14-11(17)5-9(7-16)6-13(14)19-4-2-10-1-3-18-12(10)8-19/h5-6,10,12,18H,1-4,8,17H2. The molecule has 5 heteroatoms. The maximum Gasteiger partial charge on any atom is 0.0993 e. The van der Waals surface area contributed by atoms with Crippen LogP contribution in [0.1, 0.15) is 18.4 Å². The molecule has 2 heterocycles.